The monoisotopic (exact) mass is 556 g/mol. The van der Waals surface area contributed by atoms with Crippen LogP contribution in [0.15, 0.2) is 105 Å². The number of H-pyrrole nitrogens is 4. The zero-order valence-corrected chi connectivity index (χ0v) is 22.4. The average Bonchev–Trinajstić information content (AvgIpc) is 3.76. The van der Waals surface area contributed by atoms with E-state index < -0.39 is 0 Å². The Morgan fingerprint density at radius 3 is 1.33 bits per heavy atom. The van der Waals surface area contributed by atoms with Crippen molar-refractivity contribution in [2.75, 3.05) is 5.73 Å². The van der Waals surface area contributed by atoms with E-state index >= 15 is 0 Å². The minimum atomic E-state index is 0.338. The van der Waals surface area contributed by atoms with Crippen molar-refractivity contribution >= 4 is 72.0 Å². The number of benzene rings is 4. The second kappa shape index (κ2) is 8.52. The third-order valence-electron chi connectivity index (χ3n) is 7.99. The van der Waals surface area contributed by atoms with E-state index in [0.29, 0.717) is 61.9 Å². The van der Waals surface area contributed by atoms with Gasteiger partial charge in [0.15, 0.2) is 0 Å². The van der Waals surface area contributed by atoms with Crippen LogP contribution in [0, 0.1) is 11.3 Å². The van der Waals surface area contributed by atoms with E-state index in [0.717, 1.165) is 37.7 Å². The van der Waals surface area contributed by atoms with Gasteiger partial charge in [-0.3, -0.25) is 0 Å². The van der Waals surface area contributed by atoms with Gasteiger partial charge >= 0.3 is 0 Å². The zero-order chi connectivity index (χ0) is 28.7. The zero-order valence-electron chi connectivity index (χ0n) is 22.4. The van der Waals surface area contributed by atoms with Gasteiger partial charge in [0.2, 0.25) is 0 Å². The maximum absolute atomic E-state index is 10.1. The lowest BCUT2D eigenvalue weighted by Crippen LogP contribution is -2.10. The second-order valence-electron chi connectivity index (χ2n) is 10.4. The summed E-state index contributed by atoms with van der Waals surface area (Å²) in [7, 11) is 0. The summed E-state index contributed by atoms with van der Waals surface area (Å²) >= 11 is 0. The smallest absolute Gasteiger partial charge is 0.143 e. The number of aromatic nitrogens is 4. The van der Waals surface area contributed by atoms with Gasteiger partial charge < -0.3 is 25.7 Å². The molecular formula is C33H20N10. The molecule has 5 heterocycles. The molecular weight excluding hydrogens is 536 g/mol. The third-order valence-corrected chi connectivity index (χ3v) is 7.99. The van der Waals surface area contributed by atoms with Crippen molar-refractivity contribution in [2.45, 2.75) is 0 Å². The third kappa shape index (κ3) is 3.33. The summed E-state index contributed by atoms with van der Waals surface area (Å²) in [6.07, 6.45) is 0. The average molecular weight is 557 g/mol. The molecule has 6 N–H and O–H groups in total. The van der Waals surface area contributed by atoms with Crippen LogP contribution >= 0.6 is 0 Å². The minimum absolute atomic E-state index is 0.338. The molecule has 1 aliphatic rings. The first kappa shape index (κ1) is 23.3. The van der Waals surface area contributed by atoms with E-state index in [1.54, 1.807) is 6.07 Å². The number of nitrogens with zero attached hydrogens (tertiary/aromatic N) is 5. The Hall–Kier alpha value is -6.47. The summed E-state index contributed by atoms with van der Waals surface area (Å²) in [6, 6.07) is 29.8. The van der Waals surface area contributed by atoms with Gasteiger partial charge in [0.25, 0.3) is 0 Å². The molecule has 0 saturated carbocycles. The number of nitriles is 1. The van der Waals surface area contributed by atoms with Crippen molar-refractivity contribution < 1.29 is 0 Å². The molecule has 0 radical (unpaired) electrons. The first-order valence-corrected chi connectivity index (χ1v) is 13.7. The predicted octanol–water partition coefficient (Wildman–Crippen LogP) is 5.18. The molecule has 202 valence electrons. The largest absolute Gasteiger partial charge is 0.398 e. The fraction of sp³-hybridized carbons (Fsp3) is 0. The fourth-order valence-electron chi connectivity index (χ4n) is 6.00. The Bertz CT molecular complexity index is 2760. The Morgan fingerprint density at radius 2 is 0.860 bits per heavy atom. The number of hydrogen-bond acceptors (Lipinski definition) is 6. The van der Waals surface area contributed by atoms with E-state index in [1.807, 2.05) is 78.9 Å². The summed E-state index contributed by atoms with van der Waals surface area (Å²) in [5, 5.41) is 16.9. The molecule has 1 aliphatic heterocycles. The van der Waals surface area contributed by atoms with Crippen LogP contribution in [0.25, 0.3) is 43.1 Å². The van der Waals surface area contributed by atoms with Crippen molar-refractivity contribution in [3.8, 4) is 6.07 Å². The lowest BCUT2D eigenvalue weighted by Gasteiger charge is -1.98. The highest BCUT2D eigenvalue weighted by atomic mass is 15.1. The van der Waals surface area contributed by atoms with Crippen LogP contribution in [0.1, 0.15) is 5.56 Å². The number of anilines is 1. The maximum atomic E-state index is 10.1. The molecule has 0 atom stereocenters. The Kier molecular flexibility index (Phi) is 4.61. The fourth-order valence-corrected chi connectivity index (χ4v) is 6.00. The molecule has 43 heavy (non-hydrogen) atoms. The van der Waals surface area contributed by atoms with Gasteiger partial charge in [-0.25, -0.2) is 20.0 Å². The first-order chi connectivity index (χ1) is 21.2. The summed E-state index contributed by atoms with van der Waals surface area (Å²) in [4.78, 5) is 33.9. The SMILES string of the molecule is N#Cc1c(N)ccc2c3[nH]c(c12)=Nc1[nH]c(c2ccccc12)N=c1[nH]c(c2ccccc12)=Nc1[nH]c(c2ccccc12)N=3. The molecule has 0 spiro atoms. The van der Waals surface area contributed by atoms with Gasteiger partial charge in [-0.05, 0) is 12.1 Å². The first-order valence-electron chi connectivity index (χ1n) is 13.7. The molecule has 4 aromatic heterocycles. The number of rotatable bonds is 0. The van der Waals surface area contributed by atoms with Gasteiger partial charge in [-0.2, -0.15) is 5.26 Å². The number of aromatic amines is 4. The predicted molar refractivity (Wildman–Crippen MR) is 166 cm³/mol. The van der Waals surface area contributed by atoms with Crippen molar-refractivity contribution in [3.63, 3.8) is 0 Å². The van der Waals surface area contributed by atoms with Crippen LogP contribution < -0.4 is 27.7 Å². The van der Waals surface area contributed by atoms with Crippen LogP contribution in [0.2, 0.25) is 0 Å². The Balaban J connectivity index is 1.52. The molecule has 0 aliphatic carbocycles. The highest BCUT2D eigenvalue weighted by Crippen LogP contribution is 2.35. The molecule has 9 rings (SSSR count). The standard InChI is InChI=1S/C33H20N10/c34-15-23-24(35)14-13-22-25(23)33-42-31-21-12-6-5-11-20(21)29(40-31)38-27-17-8-2-1-7-16(17)26(36-27)37-28-18-9-3-4-10-19(18)30(39-28)41-32(22)43-33/h1-14H,35H2,(H4,36,37,38,39,40,41,42,43). The maximum Gasteiger partial charge on any atom is 0.143 e. The van der Waals surface area contributed by atoms with Gasteiger partial charge in [0, 0.05) is 43.1 Å². The van der Waals surface area contributed by atoms with Crippen LogP contribution in [0.3, 0.4) is 0 Å². The van der Waals surface area contributed by atoms with Crippen LogP contribution in [-0.4, -0.2) is 19.9 Å². The number of nitrogens with one attached hydrogen (secondary N) is 4. The molecule has 0 unspecified atom stereocenters. The summed E-state index contributed by atoms with van der Waals surface area (Å²) in [6.45, 7) is 0. The van der Waals surface area contributed by atoms with E-state index in [4.69, 9.17) is 25.7 Å². The second-order valence-corrected chi connectivity index (χ2v) is 10.4. The lowest BCUT2D eigenvalue weighted by atomic mass is 10.1. The van der Waals surface area contributed by atoms with Crippen molar-refractivity contribution in [3.05, 3.63) is 112 Å². The minimum Gasteiger partial charge on any atom is -0.398 e. The molecule has 8 bridgehead atoms. The van der Waals surface area contributed by atoms with E-state index in [9.17, 15) is 5.26 Å². The lowest BCUT2D eigenvalue weighted by molar-refractivity contribution is 1.08. The quantitative estimate of drug-likeness (QED) is 0.163. The highest BCUT2D eigenvalue weighted by Gasteiger charge is 2.16. The summed E-state index contributed by atoms with van der Waals surface area (Å²) < 4.78 is 0. The molecule has 10 nitrogen and oxygen atoms in total. The van der Waals surface area contributed by atoms with Crippen molar-refractivity contribution in [1.29, 1.82) is 5.26 Å². The normalized spacial score (nSPS) is 12.5. The number of nitrogen functional groups attached to an aromatic ring is 1. The van der Waals surface area contributed by atoms with Crippen molar-refractivity contribution in [2.24, 2.45) is 20.0 Å². The Labute approximate surface area is 241 Å². The summed E-state index contributed by atoms with van der Waals surface area (Å²) in [5.41, 5.74) is 9.35. The van der Waals surface area contributed by atoms with Gasteiger partial charge in [-0.15, -0.1) is 0 Å². The topological polar surface area (TPSA) is 162 Å². The highest BCUT2D eigenvalue weighted by molar-refractivity contribution is 6.01. The molecule has 0 amide bonds. The molecule has 0 saturated heterocycles. The van der Waals surface area contributed by atoms with Crippen molar-refractivity contribution in [1.82, 2.24) is 19.9 Å². The van der Waals surface area contributed by atoms with Crippen LogP contribution in [-0.2, 0) is 0 Å². The Morgan fingerprint density at radius 1 is 0.465 bits per heavy atom. The molecule has 10 heteroatoms. The molecule has 8 aromatic rings. The van der Waals surface area contributed by atoms with Gasteiger partial charge in [-0.1, -0.05) is 72.8 Å². The molecule has 4 aromatic carbocycles. The van der Waals surface area contributed by atoms with E-state index in [2.05, 4.69) is 26.0 Å². The van der Waals surface area contributed by atoms with E-state index in [-0.39, 0.29) is 0 Å². The van der Waals surface area contributed by atoms with Gasteiger partial charge in [0.05, 0.1) is 11.3 Å². The van der Waals surface area contributed by atoms with Crippen LogP contribution in [0.5, 0.6) is 0 Å². The number of fused-ring (bicyclic) bond motifs is 20. The van der Waals surface area contributed by atoms with Gasteiger partial charge in [0.1, 0.15) is 51.3 Å². The molecule has 0 fully saturated rings. The van der Waals surface area contributed by atoms with Crippen LogP contribution in [0.4, 0.5) is 29.0 Å². The summed E-state index contributed by atoms with van der Waals surface area (Å²) in [5.74, 6) is 2.53. The number of nitrogens with two attached hydrogens (primary N) is 1. The van der Waals surface area contributed by atoms with E-state index in [1.165, 1.54) is 0 Å². The number of hydrogen-bond donors (Lipinski definition) is 5.